The van der Waals surface area contributed by atoms with Gasteiger partial charge in [-0.3, -0.25) is 19.8 Å². The normalized spacial score (nSPS) is 20.2. The van der Waals surface area contributed by atoms with Crippen LogP contribution in [0.4, 0.5) is 40.9 Å². The third-order valence-corrected chi connectivity index (χ3v) is 9.78. The topological polar surface area (TPSA) is 175 Å². The number of anilines is 1. The summed E-state index contributed by atoms with van der Waals surface area (Å²) in [4.78, 5) is 48.3. The minimum Gasteiger partial charge on any atom is -0.475 e. The number of halogens is 9. The van der Waals surface area contributed by atoms with Crippen molar-refractivity contribution in [3.63, 3.8) is 0 Å². The summed E-state index contributed by atoms with van der Waals surface area (Å²) in [5, 5.41) is 22.8. The molecule has 3 aromatic heterocycles. The van der Waals surface area contributed by atoms with Crippen molar-refractivity contribution in [3.8, 4) is 17.3 Å². The van der Waals surface area contributed by atoms with Gasteiger partial charge in [0, 0.05) is 48.6 Å². The summed E-state index contributed by atoms with van der Waals surface area (Å²) in [6.45, 7) is 4.01. The molecule has 3 aliphatic heterocycles. The maximum Gasteiger partial charge on any atom is 0.490 e. The zero-order chi connectivity index (χ0) is 41.9. The summed E-state index contributed by atoms with van der Waals surface area (Å²) in [6, 6.07) is 1.74. The molecule has 0 aliphatic carbocycles. The number of carboxylic acids is 2. The molecule has 0 saturated carbocycles. The van der Waals surface area contributed by atoms with Gasteiger partial charge in [0.15, 0.2) is 11.6 Å². The van der Waals surface area contributed by atoms with Crippen molar-refractivity contribution in [2.75, 3.05) is 37.7 Å². The molecule has 6 heterocycles. The van der Waals surface area contributed by atoms with Gasteiger partial charge in [0.05, 0.1) is 34.2 Å². The van der Waals surface area contributed by atoms with E-state index < -0.39 is 41.8 Å². The van der Waals surface area contributed by atoms with Crippen LogP contribution in [0.3, 0.4) is 0 Å². The number of hydrogen-bond acceptors (Lipinski definition) is 10. The number of carbonyl (C=O) groups excluding carboxylic acids is 1. The number of pyridine rings is 1. The summed E-state index contributed by atoms with van der Waals surface area (Å²) >= 11 is 6.64. The number of fused-ring (bicyclic) bond motifs is 3. The van der Waals surface area contributed by atoms with Crippen LogP contribution < -0.4 is 9.64 Å². The van der Waals surface area contributed by atoms with Gasteiger partial charge in [-0.25, -0.2) is 18.4 Å². The Morgan fingerprint density at radius 2 is 1.74 bits per heavy atom. The lowest BCUT2D eigenvalue weighted by atomic mass is 9.95. The predicted molar refractivity (Wildman–Crippen MR) is 189 cm³/mol. The Kier molecular flexibility index (Phi) is 12.9. The average Bonchev–Trinajstić information content (AvgIpc) is 3.78. The Bertz CT molecular complexity index is 2160. The number of aromatic amines is 1. The van der Waals surface area contributed by atoms with Gasteiger partial charge in [-0.2, -0.15) is 41.4 Å². The Morgan fingerprint density at radius 1 is 1.05 bits per heavy atom. The van der Waals surface area contributed by atoms with Gasteiger partial charge in [0.1, 0.15) is 29.8 Å². The molecule has 308 valence electrons. The van der Waals surface area contributed by atoms with E-state index in [0.29, 0.717) is 64.2 Å². The zero-order valence-corrected chi connectivity index (χ0v) is 30.6. The molecule has 3 saturated heterocycles. The van der Waals surface area contributed by atoms with E-state index in [1.54, 1.807) is 18.5 Å². The summed E-state index contributed by atoms with van der Waals surface area (Å²) in [5.41, 5.74) is 1.41. The number of alkyl halides is 7. The quantitative estimate of drug-likeness (QED) is 0.167. The standard InChI is InChI=1S/C31H32ClF2N7O2.2C2HF3O2/c1-2-6-20-23(32)11-24-21(14-36-39-24)25(20)28-26(34)27-22(13-35-28)29(40-9-4-3-7-19(42)16-40)38-30(37-27)43-17-31-8-5-10-41(31)15-18(33)12-31;2*3-2(4,5)1(6)7/h2,6,11,13-14,18H,3-5,7-10,12,15-17H2,1H3,(H,36,39);2*(H,6,7)/b6-2-;;/t18-,31+;;/m1../s1. The lowest BCUT2D eigenvalue weighted by Gasteiger charge is -2.31. The number of aromatic nitrogens is 5. The second kappa shape index (κ2) is 17.1. The zero-order valence-electron chi connectivity index (χ0n) is 29.9. The molecule has 7 rings (SSSR count). The number of ketones is 1. The van der Waals surface area contributed by atoms with Crippen LogP contribution in [0.2, 0.25) is 5.02 Å². The van der Waals surface area contributed by atoms with Crippen molar-refractivity contribution in [1.29, 1.82) is 0 Å². The predicted octanol–water partition coefficient (Wildman–Crippen LogP) is 7.17. The SMILES string of the molecule is C/C=C\c1c(Cl)cc2[nH]ncc2c1-c1ncc2c(N3CCCCC(=O)C3)nc(OC[C@@]34CCCN3C[C@H](F)C4)nc2c1F.O=C(O)C(F)(F)F.O=C(O)C(F)(F)F. The third-order valence-electron chi connectivity index (χ3n) is 9.47. The first-order valence-electron chi connectivity index (χ1n) is 17.3. The number of Topliss-reactive ketones (excluding diaryl/α,β-unsaturated/α-hetero) is 1. The Morgan fingerprint density at radius 3 is 2.39 bits per heavy atom. The van der Waals surface area contributed by atoms with E-state index in [4.69, 9.17) is 41.1 Å². The fraction of sp³-hybridized carbons (Fsp3) is 0.457. The highest BCUT2D eigenvalue weighted by Crippen LogP contribution is 2.42. The Balaban J connectivity index is 0.000000380. The van der Waals surface area contributed by atoms with E-state index in [-0.39, 0.29) is 36.2 Å². The summed E-state index contributed by atoms with van der Waals surface area (Å²) in [6.07, 6.45) is -0.0170. The van der Waals surface area contributed by atoms with Gasteiger partial charge >= 0.3 is 30.3 Å². The fourth-order valence-corrected chi connectivity index (χ4v) is 7.25. The lowest BCUT2D eigenvalue weighted by Crippen LogP contribution is -2.43. The van der Waals surface area contributed by atoms with Gasteiger partial charge in [-0.05, 0) is 45.2 Å². The summed E-state index contributed by atoms with van der Waals surface area (Å²) in [7, 11) is 0. The van der Waals surface area contributed by atoms with Crippen LogP contribution in [0.15, 0.2) is 24.5 Å². The summed E-state index contributed by atoms with van der Waals surface area (Å²) < 4.78 is 101. The summed E-state index contributed by atoms with van der Waals surface area (Å²) in [5.74, 6) is -5.68. The number of carboxylic acid groups (broad SMARTS) is 2. The van der Waals surface area contributed by atoms with Crippen LogP contribution in [0.25, 0.3) is 39.1 Å². The molecule has 3 aliphatic rings. The molecule has 3 fully saturated rings. The number of nitrogens with zero attached hydrogens (tertiary/aromatic N) is 6. The second-order valence-electron chi connectivity index (χ2n) is 13.4. The van der Waals surface area contributed by atoms with Crippen molar-refractivity contribution >= 4 is 63.0 Å². The Labute approximate surface area is 322 Å². The highest BCUT2D eigenvalue weighted by molar-refractivity contribution is 6.33. The van der Waals surface area contributed by atoms with Crippen molar-refractivity contribution in [2.45, 2.75) is 69.5 Å². The van der Waals surface area contributed by atoms with Gasteiger partial charge in [-0.15, -0.1) is 0 Å². The highest BCUT2D eigenvalue weighted by atomic mass is 35.5. The molecule has 22 heteroatoms. The molecule has 0 unspecified atom stereocenters. The highest BCUT2D eigenvalue weighted by Gasteiger charge is 2.49. The Hall–Kier alpha value is -5.18. The van der Waals surface area contributed by atoms with Crippen molar-refractivity contribution in [2.24, 2.45) is 0 Å². The number of nitrogens with one attached hydrogen (secondary N) is 1. The van der Waals surface area contributed by atoms with Crippen LogP contribution >= 0.6 is 11.6 Å². The van der Waals surface area contributed by atoms with Gasteiger partial charge in [-0.1, -0.05) is 23.8 Å². The molecule has 0 amide bonds. The molecule has 57 heavy (non-hydrogen) atoms. The number of allylic oxidation sites excluding steroid dienone is 1. The molecular formula is C35H34ClF8N7O6. The van der Waals surface area contributed by atoms with E-state index >= 15 is 4.39 Å². The molecule has 2 atom stereocenters. The maximum atomic E-state index is 16.8. The second-order valence-corrected chi connectivity index (χ2v) is 13.8. The van der Waals surface area contributed by atoms with Gasteiger partial charge in [0.25, 0.3) is 0 Å². The van der Waals surface area contributed by atoms with Crippen molar-refractivity contribution in [1.82, 2.24) is 30.0 Å². The van der Waals surface area contributed by atoms with Gasteiger partial charge < -0.3 is 19.8 Å². The van der Waals surface area contributed by atoms with Crippen molar-refractivity contribution < 1.29 is 64.5 Å². The van der Waals surface area contributed by atoms with Crippen LogP contribution in [0.1, 0.15) is 51.0 Å². The van der Waals surface area contributed by atoms with Crippen LogP contribution in [0.5, 0.6) is 6.01 Å². The van der Waals surface area contributed by atoms with E-state index in [2.05, 4.69) is 25.1 Å². The largest absolute Gasteiger partial charge is 0.490 e. The number of rotatable bonds is 6. The van der Waals surface area contributed by atoms with E-state index in [9.17, 15) is 35.5 Å². The first-order valence-corrected chi connectivity index (χ1v) is 17.7. The lowest BCUT2D eigenvalue weighted by molar-refractivity contribution is -0.193. The number of hydrogen-bond donors (Lipinski definition) is 3. The fourth-order valence-electron chi connectivity index (χ4n) is 6.98. The number of carbonyl (C=O) groups is 3. The molecule has 0 bridgehead atoms. The van der Waals surface area contributed by atoms with Crippen LogP contribution in [0, 0.1) is 5.82 Å². The third kappa shape index (κ3) is 9.69. The molecule has 1 aromatic carbocycles. The molecule has 0 radical (unpaired) electrons. The van der Waals surface area contributed by atoms with E-state index in [1.165, 1.54) is 0 Å². The number of H-pyrrole nitrogens is 1. The number of benzene rings is 1. The monoisotopic (exact) mass is 835 g/mol. The van der Waals surface area contributed by atoms with Crippen LogP contribution in [-0.2, 0) is 14.4 Å². The molecule has 4 aromatic rings. The maximum absolute atomic E-state index is 16.8. The molecule has 13 nitrogen and oxygen atoms in total. The first-order chi connectivity index (χ1) is 26.8. The van der Waals surface area contributed by atoms with Crippen molar-refractivity contribution in [3.05, 3.63) is 40.9 Å². The minimum absolute atomic E-state index is 0.00740. The van der Waals surface area contributed by atoms with Crippen LogP contribution in [-0.4, -0.2) is 115 Å². The average molecular weight is 836 g/mol. The first kappa shape index (κ1) is 43.0. The molecule has 0 spiro atoms. The van der Waals surface area contributed by atoms with Gasteiger partial charge in [0.2, 0.25) is 0 Å². The van der Waals surface area contributed by atoms with E-state index in [0.717, 1.165) is 32.2 Å². The number of aliphatic carboxylic acids is 2. The molecule has 3 N–H and O–H groups in total. The van der Waals surface area contributed by atoms with E-state index in [1.807, 2.05) is 24.0 Å². The minimum atomic E-state index is -5.08. The smallest absolute Gasteiger partial charge is 0.475 e. The number of ether oxygens (including phenoxy) is 1. The molecular weight excluding hydrogens is 802 g/mol.